The van der Waals surface area contributed by atoms with Gasteiger partial charge in [0.25, 0.3) is 0 Å². The molecular weight excluding hydrogens is 232 g/mol. The monoisotopic (exact) mass is 252 g/mol. The smallest absolute Gasteiger partial charge is 0.338 e. The second kappa shape index (κ2) is 5.87. The van der Waals surface area contributed by atoms with Crippen LogP contribution in [-0.2, 0) is 4.74 Å². The summed E-state index contributed by atoms with van der Waals surface area (Å²) in [5.41, 5.74) is -0.394. The molecule has 4 heteroatoms. The van der Waals surface area contributed by atoms with Crippen LogP contribution in [0.5, 0.6) is 5.75 Å². The number of rotatable bonds is 5. The van der Waals surface area contributed by atoms with Crippen molar-refractivity contribution in [2.24, 2.45) is 0 Å². The Balaban J connectivity index is 2.60. The van der Waals surface area contributed by atoms with Crippen molar-refractivity contribution in [1.29, 1.82) is 0 Å². The van der Waals surface area contributed by atoms with Crippen molar-refractivity contribution in [3.63, 3.8) is 0 Å². The van der Waals surface area contributed by atoms with E-state index in [1.807, 2.05) is 0 Å². The molecule has 0 unspecified atom stereocenters. The third-order valence-corrected chi connectivity index (χ3v) is 2.02. The summed E-state index contributed by atoms with van der Waals surface area (Å²) in [5, 5.41) is 9.52. The van der Waals surface area contributed by atoms with E-state index in [1.54, 1.807) is 52.0 Å². The minimum absolute atomic E-state index is 0.136. The maximum Gasteiger partial charge on any atom is 0.338 e. The molecule has 0 saturated heterocycles. The number of carbonyl (C=O) groups is 1. The third-order valence-electron chi connectivity index (χ3n) is 2.02. The number of esters is 1. The van der Waals surface area contributed by atoms with Gasteiger partial charge in [0.1, 0.15) is 12.4 Å². The topological polar surface area (TPSA) is 55.8 Å². The Kier molecular flexibility index (Phi) is 4.73. The summed E-state index contributed by atoms with van der Waals surface area (Å²) >= 11 is 0. The number of hydrogen-bond donors (Lipinski definition) is 1. The van der Waals surface area contributed by atoms with Crippen LogP contribution in [0.25, 0.3) is 0 Å². The molecule has 0 fully saturated rings. The summed E-state index contributed by atoms with van der Waals surface area (Å²) in [4.78, 5) is 11.6. The van der Waals surface area contributed by atoms with Crippen molar-refractivity contribution in [1.82, 2.24) is 0 Å². The van der Waals surface area contributed by atoms with Crippen LogP contribution in [0.4, 0.5) is 0 Å². The summed E-state index contributed by atoms with van der Waals surface area (Å²) in [6.07, 6.45) is -0.136. The molecule has 0 bridgehead atoms. The molecule has 0 atom stereocenters. The van der Waals surface area contributed by atoms with Gasteiger partial charge in [0.2, 0.25) is 0 Å². The Bertz CT molecular complexity index is 387. The first-order valence-corrected chi connectivity index (χ1v) is 5.94. The number of ether oxygens (including phenoxy) is 2. The van der Waals surface area contributed by atoms with E-state index in [0.29, 0.717) is 11.3 Å². The standard InChI is InChI=1S/C14H20O4/c1-10(2)18-13(15)11-5-7-12(8-6-11)17-9-14(3,4)16/h5-8,10,16H,9H2,1-4H3. The second-order valence-electron chi connectivity index (χ2n) is 5.08. The Hall–Kier alpha value is -1.55. The zero-order valence-corrected chi connectivity index (χ0v) is 11.3. The average Bonchev–Trinajstić information content (AvgIpc) is 2.25. The van der Waals surface area contributed by atoms with Crippen molar-refractivity contribution >= 4 is 5.97 Å². The Labute approximate surface area is 108 Å². The SMILES string of the molecule is CC(C)OC(=O)c1ccc(OCC(C)(C)O)cc1. The molecule has 0 amide bonds. The van der Waals surface area contributed by atoms with Crippen molar-refractivity contribution < 1.29 is 19.4 Å². The Morgan fingerprint density at radius 2 is 1.83 bits per heavy atom. The van der Waals surface area contributed by atoms with E-state index in [0.717, 1.165) is 0 Å². The van der Waals surface area contributed by atoms with E-state index in [-0.39, 0.29) is 18.7 Å². The van der Waals surface area contributed by atoms with Crippen molar-refractivity contribution in [3.05, 3.63) is 29.8 Å². The first-order valence-electron chi connectivity index (χ1n) is 5.94. The van der Waals surface area contributed by atoms with Crippen LogP contribution in [0.3, 0.4) is 0 Å². The van der Waals surface area contributed by atoms with Crippen LogP contribution in [0.2, 0.25) is 0 Å². The highest BCUT2D eigenvalue weighted by atomic mass is 16.5. The second-order valence-corrected chi connectivity index (χ2v) is 5.08. The van der Waals surface area contributed by atoms with Crippen molar-refractivity contribution in [2.45, 2.75) is 39.4 Å². The molecule has 0 radical (unpaired) electrons. The predicted molar refractivity (Wildman–Crippen MR) is 68.8 cm³/mol. The molecule has 0 aliphatic rings. The molecular formula is C14H20O4. The first-order chi connectivity index (χ1) is 8.28. The van der Waals surface area contributed by atoms with Gasteiger partial charge in [0.15, 0.2) is 0 Å². The van der Waals surface area contributed by atoms with Gasteiger partial charge in [-0.3, -0.25) is 0 Å². The van der Waals surface area contributed by atoms with Gasteiger partial charge in [-0.2, -0.15) is 0 Å². The molecule has 0 heterocycles. The van der Waals surface area contributed by atoms with Gasteiger partial charge in [-0.05, 0) is 52.0 Å². The molecule has 0 aromatic heterocycles. The highest BCUT2D eigenvalue weighted by Gasteiger charge is 2.14. The molecule has 0 aliphatic heterocycles. The van der Waals surface area contributed by atoms with Crippen molar-refractivity contribution in [3.8, 4) is 5.75 Å². The maximum atomic E-state index is 11.6. The van der Waals surface area contributed by atoms with Crippen molar-refractivity contribution in [2.75, 3.05) is 6.61 Å². The number of carbonyl (C=O) groups excluding carboxylic acids is 1. The first kappa shape index (κ1) is 14.5. The molecule has 0 spiro atoms. The molecule has 1 N–H and O–H groups in total. The molecule has 4 nitrogen and oxygen atoms in total. The lowest BCUT2D eigenvalue weighted by Gasteiger charge is -2.17. The Morgan fingerprint density at radius 1 is 1.28 bits per heavy atom. The fourth-order valence-corrected chi connectivity index (χ4v) is 1.23. The zero-order chi connectivity index (χ0) is 13.8. The molecule has 0 aliphatic carbocycles. The fraction of sp³-hybridized carbons (Fsp3) is 0.500. The molecule has 100 valence electrons. The molecule has 18 heavy (non-hydrogen) atoms. The predicted octanol–water partition coefficient (Wildman–Crippen LogP) is 2.40. The van der Waals surface area contributed by atoms with Crippen LogP contribution in [0.1, 0.15) is 38.1 Å². The largest absolute Gasteiger partial charge is 0.491 e. The lowest BCUT2D eigenvalue weighted by Crippen LogP contribution is -2.27. The van der Waals surface area contributed by atoms with Gasteiger partial charge in [-0.1, -0.05) is 0 Å². The number of hydrogen-bond acceptors (Lipinski definition) is 4. The van der Waals surface area contributed by atoms with Crippen LogP contribution in [0.15, 0.2) is 24.3 Å². The quantitative estimate of drug-likeness (QED) is 0.818. The maximum absolute atomic E-state index is 11.6. The van der Waals surface area contributed by atoms with Crippen LogP contribution < -0.4 is 4.74 Å². The number of benzene rings is 1. The molecule has 1 rings (SSSR count). The summed E-state index contributed by atoms with van der Waals surface area (Å²) in [6.45, 7) is 7.14. The fourth-order valence-electron chi connectivity index (χ4n) is 1.23. The van der Waals surface area contributed by atoms with E-state index in [1.165, 1.54) is 0 Å². The van der Waals surface area contributed by atoms with Crippen LogP contribution >= 0.6 is 0 Å². The summed E-state index contributed by atoms with van der Waals surface area (Å²) in [5.74, 6) is 0.261. The highest BCUT2D eigenvalue weighted by Crippen LogP contribution is 2.15. The normalized spacial score (nSPS) is 11.4. The molecule has 1 aromatic rings. The van der Waals surface area contributed by atoms with Gasteiger partial charge in [0, 0.05) is 0 Å². The van der Waals surface area contributed by atoms with Gasteiger partial charge < -0.3 is 14.6 Å². The van der Waals surface area contributed by atoms with Crippen LogP contribution in [0, 0.1) is 0 Å². The minimum Gasteiger partial charge on any atom is -0.491 e. The molecule has 1 aromatic carbocycles. The zero-order valence-electron chi connectivity index (χ0n) is 11.3. The van der Waals surface area contributed by atoms with Gasteiger partial charge in [0.05, 0.1) is 17.3 Å². The summed E-state index contributed by atoms with van der Waals surface area (Å²) < 4.78 is 10.5. The number of aliphatic hydroxyl groups is 1. The van der Waals surface area contributed by atoms with Gasteiger partial charge in [-0.15, -0.1) is 0 Å². The van der Waals surface area contributed by atoms with E-state index in [2.05, 4.69) is 0 Å². The van der Waals surface area contributed by atoms with Gasteiger partial charge >= 0.3 is 5.97 Å². The van der Waals surface area contributed by atoms with Crippen LogP contribution in [-0.4, -0.2) is 29.4 Å². The third kappa shape index (κ3) is 5.19. The van der Waals surface area contributed by atoms with Gasteiger partial charge in [-0.25, -0.2) is 4.79 Å². The summed E-state index contributed by atoms with van der Waals surface area (Å²) in [7, 11) is 0. The summed E-state index contributed by atoms with van der Waals surface area (Å²) in [6, 6.07) is 6.65. The average molecular weight is 252 g/mol. The van der Waals surface area contributed by atoms with E-state index < -0.39 is 5.60 Å². The Morgan fingerprint density at radius 3 is 2.28 bits per heavy atom. The molecule has 0 saturated carbocycles. The lowest BCUT2D eigenvalue weighted by molar-refractivity contribution is 0.0283. The van der Waals surface area contributed by atoms with E-state index in [4.69, 9.17) is 9.47 Å². The highest BCUT2D eigenvalue weighted by molar-refractivity contribution is 5.89. The lowest BCUT2D eigenvalue weighted by atomic mass is 10.1. The van der Waals surface area contributed by atoms with E-state index >= 15 is 0 Å². The minimum atomic E-state index is -0.880. The van der Waals surface area contributed by atoms with E-state index in [9.17, 15) is 9.90 Å².